The molecule has 1 aliphatic rings. The Morgan fingerprint density at radius 2 is 2.25 bits per heavy atom. The molecule has 0 saturated heterocycles. The van der Waals surface area contributed by atoms with Gasteiger partial charge in [-0.3, -0.25) is 4.79 Å². The van der Waals surface area contributed by atoms with Crippen molar-refractivity contribution >= 4 is 22.4 Å². The van der Waals surface area contributed by atoms with Gasteiger partial charge in [0.25, 0.3) is 0 Å². The summed E-state index contributed by atoms with van der Waals surface area (Å²) in [6.45, 7) is 0. The van der Waals surface area contributed by atoms with Gasteiger partial charge < -0.3 is 11.1 Å². The number of thiazole rings is 1. The number of hydrogen-bond acceptors (Lipinski definition) is 4. The highest BCUT2D eigenvalue weighted by Crippen LogP contribution is 2.29. The summed E-state index contributed by atoms with van der Waals surface area (Å²) in [4.78, 5) is 15.8. The van der Waals surface area contributed by atoms with E-state index in [2.05, 4.69) is 10.3 Å². The number of nitrogens with one attached hydrogen (secondary N) is 1. The molecule has 0 unspecified atom stereocenters. The second-order valence-electron chi connectivity index (χ2n) is 4.49. The second kappa shape index (κ2) is 4.93. The molecule has 0 bridgehead atoms. The normalized spacial score (nSPS) is 19.3. The maximum Gasteiger partial charge on any atom is 0.228 e. The molecule has 5 heteroatoms. The summed E-state index contributed by atoms with van der Waals surface area (Å²) in [5.74, 6) is -0.0145. The minimum Gasteiger partial charge on any atom is -0.325 e. The van der Waals surface area contributed by atoms with Gasteiger partial charge in [-0.15, -0.1) is 11.3 Å². The predicted molar refractivity (Wildman–Crippen MR) is 65.4 cm³/mol. The van der Waals surface area contributed by atoms with E-state index in [1.54, 1.807) is 6.20 Å². The van der Waals surface area contributed by atoms with Gasteiger partial charge in [0, 0.05) is 23.5 Å². The average Bonchev–Trinajstić information content (AvgIpc) is 2.70. The standard InChI is InChI=1S/C11H17N3OS/c12-11(4-2-1-3-5-11)8-9(15)14-10-13-6-7-16-10/h6-7H,1-5,8,12H2,(H,13,14,15). The van der Waals surface area contributed by atoms with Gasteiger partial charge in [-0.25, -0.2) is 4.98 Å². The van der Waals surface area contributed by atoms with Crippen LogP contribution in [0.5, 0.6) is 0 Å². The van der Waals surface area contributed by atoms with Gasteiger partial charge in [0.1, 0.15) is 0 Å². The number of hydrogen-bond donors (Lipinski definition) is 2. The Morgan fingerprint density at radius 1 is 1.50 bits per heavy atom. The summed E-state index contributed by atoms with van der Waals surface area (Å²) < 4.78 is 0. The third kappa shape index (κ3) is 3.02. The SMILES string of the molecule is NC1(CC(=O)Nc2nccs2)CCCCC1. The quantitative estimate of drug-likeness (QED) is 0.849. The van der Waals surface area contributed by atoms with E-state index in [-0.39, 0.29) is 11.4 Å². The lowest BCUT2D eigenvalue weighted by atomic mass is 9.80. The van der Waals surface area contributed by atoms with Crippen LogP contribution in [0, 0.1) is 0 Å². The van der Waals surface area contributed by atoms with Gasteiger partial charge in [-0.05, 0) is 12.8 Å². The summed E-state index contributed by atoms with van der Waals surface area (Å²) in [6, 6.07) is 0. The van der Waals surface area contributed by atoms with Crippen LogP contribution in [0.4, 0.5) is 5.13 Å². The fraction of sp³-hybridized carbons (Fsp3) is 0.636. The van der Waals surface area contributed by atoms with Gasteiger partial charge in [-0.1, -0.05) is 19.3 Å². The van der Waals surface area contributed by atoms with E-state index >= 15 is 0 Å². The van der Waals surface area contributed by atoms with Crippen LogP contribution in [0.15, 0.2) is 11.6 Å². The number of carbonyl (C=O) groups is 1. The van der Waals surface area contributed by atoms with Crippen molar-refractivity contribution in [2.45, 2.75) is 44.1 Å². The highest BCUT2D eigenvalue weighted by molar-refractivity contribution is 7.13. The second-order valence-corrected chi connectivity index (χ2v) is 5.38. The van der Waals surface area contributed by atoms with Gasteiger partial charge in [-0.2, -0.15) is 0 Å². The highest BCUT2D eigenvalue weighted by atomic mass is 32.1. The van der Waals surface area contributed by atoms with Crippen molar-refractivity contribution in [1.29, 1.82) is 0 Å². The number of anilines is 1. The molecule has 0 radical (unpaired) electrons. The molecule has 0 aromatic carbocycles. The number of nitrogens with zero attached hydrogens (tertiary/aromatic N) is 1. The van der Waals surface area contributed by atoms with Crippen LogP contribution < -0.4 is 11.1 Å². The van der Waals surface area contributed by atoms with Crippen LogP contribution >= 0.6 is 11.3 Å². The van der Waals surface area contributed by atoms with Crippen molar-refractivity contribution < 1.29 is 4.79 Å². The molecule has 1 aliphatic carbocycles. The zero-order valence-electron chi connectivity index (χ0n) is 9.24. The lowest BCUT2D eigenvalue weighted by Gasteiger charge is -2.32. The minimum absolute atomic E-state index is 0.0145. The molecule has 2 rings (SSSR count). The first-order chi connectivity index (χ1) is 7.68. The topological polar surface area (TPSA) is 68.0 Å². The minimum atomic E-state index is -0.292. The molecule has 4 nitrogen and oxygen atoms in total. The Balaban J connectivity index is 1.86. The molecule has 16 heavy (non-hydrogen) atoms. The molecule has 1 heterocycles. The third-order valence-corrected chi connectivity index (χ3v) is 3.73. The van der Waals surface area contributed by atoms with Crippen molar-refractivity contribution in [1.82, 2.24) is 4.98 Å². The maximum atomic E-state index is 11.8. The Bertz CT molecular complexity index is 344. The first kappa shape index (κ1) is 11.5. The van der Waals surface area contributed by atoms with Crippen LogP contribution in [0.2, 0.25) is 0 Å². The molecule has 0 aliphatic heterocycles. The number of aromatic nitrogens is 1. The number of rotatable bonds is 3. The molecule has 1 aromatic rings. The molecule has 1 amide bonds. The molecule has 0 spiro atoms. The average molecular weight is 239 g/mol. The smallest absolute Gasteiger partial charge is 0.228 e. The number of amides is 1. The van der Waals surface area contributed by atoms with Crippen LogP contribution in [0.1, 0.15) is 38.5 Å². The van der Waals surface area contributed by atoms with Gasteiger partial charge >= 0.3 is 0 Å². The lowest BCUT2D eigenvalue weighted by Crippen LogP contribution is -2.44. The van der Waals surface area contributed by atoms with Crippen LogP contribution in [-0.4, -0.2) is 16.4 Å². The van der Waals surface area contributed by atoms with E-state index in [0.29, 0.717) is 11.6 Å². The molecule has 1 saturated carbocycles. The van der Waals surface area contributed by atoms with Crippen molar-refractivity contribution in [2.24, 2.45) is 5.73 Å². The van der Waals surface area contributed by atoms with E-state index < -0.39 is 0 Å². The van der Waals surface area contributed by atoms with Gasteiger partial charge in [0.2, 0.25) is 5.91 Å². The van der Waals surface area contributed by atoms with E-state index in [4.69, 9.17) is 5.73 Å². The molecule has 88 valence electrons. The predicted octanol–water partition coefficient (Wildman–Crippen LogP) is 2.13. The van der Waals surface area contributed by atoms with E-state index in [1.807, 2.05) is 5.38 Å². The lowest BCUT2D eigenvalue weighted by molar-refractivity contribution is -0.117. The summed E-state index contributed by atoms with van der Waals surface area (Å²) in [5, 5.41) is 5.28. The van der Waals surface area contributed by atoms with E-state index in [9.17, 15) is 4.79 Å². The monoisotopic (exact) mass is 239 g/mol. The van der Waals surface area contributed by atoms with E-state index in [0.717, 1.165) is 25.7 Å². The van der Waals surface area contributed by atoms with Crippen molar-refractivity contribution in [3.8, 4) is 0 Å². The molecule has 1 fully saturated rings. The van der Waals surface area contributed by atoms with Gasteiger partial charge in [0.15, 0.2) is 5.13 Å². The summed E-state index contributed by atoms with van der Waals surface area (Å²) in [6.07, 6.45) is 7.53. The summed E-state index contributed by atoms with van der Waals surface area (Å²) in [7, 11) is 0. The zero-order valence-corrected chi connectivity index (χ0v) is 10.1. The fourth-order valence-corrected chi connectivity index (χ4v) is 2.75. The summed E-state index contributed by atoms with van der Waals surface area (Å²) in [5.41, 5.74) is 5.92. The van der Waals surface area contributed by atoms with Gasteiger partial charge in [0.05, 0.1) is 0 Å². The third-order valence-electron chi connectivity index (χ3n) is 3.04. The van der Waals surface area contributed by atoms with E-state index in [1.165, 1.54) is 17.8 Å². The molecule has 1 aromatic heterocycles. The number of nitrogens with two attached hydrogens (primary N) is 1. The molecular weight excluding hydrogens is 222 g/mol. The van der Waals surface area contributed by atoms with Crippen molar-refractivity contribution in [2.75, 3.05) is 5.32 Å². The first-order valence-electron chi connectivity index (χ1n) is 5.66. The largest absolute Gasteiger partial charge is 0.325 e. The number of carbonyl (C=O) groups excluding carboxylic acids is 1. The molecular formula is C11H17N3OS. The Hall–Kier alpha value is -0.940. The Kier molecular flexibility index (Phi) is 3.56. The van der Waals surface area contributed by atoms with Crippen LogP contribution in [0.3, 0.4) is 0 Å². The Labute approximate surface area is 99.3 Å². The maximum absolute atomic E-state index is 11.8. The highest BCUT2D eigenvalue weighted by Gasteiger charge is 2.30. The van der Waals surface area contributed by atoms with Crippen LogP contribution in [0.25, 0.3) is 0 Å². The summed E-state index contributed by atoms with van der Waals surface area (Å²) >= 11 is 1.43. The zero-order chi connectivity index (χ0) is 11.4. The first-order valence-corrected chi connectivity index (χ1v) is 6.54. The molecule has 0 atom stereocenters. The fourth-order valence-electron chi connectivity index (χ4n) is 2.20. The van der Waals surface area contributed by atoms with Crippen LogP contribution in [-0.2, 0) is 4.79 Å². The van der Waals surface area contributed by atoms with Crippen molar-refractivity contribution in [3.05, 3.63) is 11.6 Å². The van der Waals surface area contributed by atoms with Crippen molar-refractivity contribution in [3.63, 3.8) is 0 Å². The molecule has 3 N–H and O–H groups in total. The Morgan fingerprint density at radius 3 is 2.88 bits per heavy atom.